The number of hydrogen-bond donors (Lipinski definition) is 1. The average Bonchev–Trinajstić information content (AvgIpc) is 2.75. The molecule has 4 nitrogen and oxygen atoms in total. The fourth-order valence-corrected chi connectivity index (χ4v) is 3.33. The quantitative estimate of drug-likeness (QED) is 0.797. The third-order valence-corrected chi connectivity index (χ3v) is 4.10. The molecule has 20 heavy (non-hydrogen) atoms. The van der Waals surface area contributed by atoms with Gasteiger partial charge in [0.15, 0.2) is 0 Å². The first-order valence-electron chi connectivity index (χ1n) is 7.23. The Morgan fingerprint density at radius 3 is 2.50 bits per heavy atom. The highest BCUT2D eigenvalue weighted by molar-refractivity contribution is 7.11. The number of rotatable bonds is 8. The van der Waals surface area contributed by atoms with Gasteiger partial charge in [-0.15, -0.1) is 11.3 Å². The predicted octanol–water partition coefficient (Wildman–Crippen LogP) is 3.52. The fourth-order valence-electron chi connectivity index (χ4n) is 2.00. The van der Waals surface area contributed by atoms with Crippen molar-refractivity contribution in [1.29, 1.82) is 0 Å². The summed E-state index contributed by atoms with van der Waals surface area (Å²) in [4.78, 5) is 6.01. The van der Waals surface area contributed by atoms with Crippen LogP contribution >= 0.6 is 11.3 Å². The van der Waals surface area contributed by atoms with Gasteiger partial charge in [0.1, 0.15) is 11.1 Å². The summed E-state index contributed by atoms with van der Waals surface area (Å²) in [6, 6.07) is 0. The van der Waals surface area contributed by atoms with E-state index in [1.807, 2.05) is 6.92 Å². The lowest BCUT2D eigenvalue weighted by molar-refractivity contribution is -0.0135. The van der Waals surface area contributed by atoms with Crippen LogP contribution in [0.15, 0.2) is 0 Å². The summed E-state index contributed by atoms with van der Waals surface area (Å²) in [5.41, 5.74) is 1.07. The van der Waals surface area contributed by atoms with Gasteiger partial charge in [0.25, 0.3) is 0 Å². The van der Waals surface area contributed by atoms with Gasteiger partial charge in [-0.2, -0.15) is 0 Å². The van der Waals surface area contributed by atoms with Crippen molar-refractivity contribution in [1.82, 2.24) is 10.3 Å². The molecule has 5 heteroatoms. The van der Waals surface area contributed by atoms with Gasteiger partial charge in [0.05, 0.1) is 12.3 Å². The minimum atomic E-state index is 0.0310. The lowest BCUT2D eigenvalue weighted by Crippen LogP contribution is -2.21. The maximum absolute atomic E-state index is 5.93. The zero-order chi connectivity index (χ0) is 15.2. The third-order valence-electron chi connectivity index (χ3n) is 2.96. The summed E-state index contributed by atoms with van der Waals surface area (Å²) in [5.74, 6) is 0. The zero-order valence-corrected chi connectivity index (χ0v) is 14.4. The van der Waals surface area contributed by atoms with E-state index in [1.165, 1.54) is 4.88 Å². The number of aromatic nitrogens is 1. The van der Waals surface area contributed by atoms with Crippen LogP contribution in [0.1, 0.15) is 56.3 Å². The van der Waals surface area contributed by atoms with Crippen LogP contribution < -0.4 is 5.32 Å². The van der Waals surface area contributed by atoms with Gasteiger partial charge in [-0.05, 0) is 18.9 Å². The summed E-state index contributed by atoms with van der Waals surface area (Å²) < 4.78 is 11.2. The monoisotopic (exact) mass is 300 g/mol. The van der Waals surface area contributed by atoms with E-state index in [2.05, 4.69) is 33.0 Å². The molecule has 1 aromatic rings. The molecule has 0 saturated carbocycles. The Morgan fingerprint density at radius 2 is 2.00 bits per heavy atom. The molecule has 1 unspecified atom stereocenters. The highest BCUT2D eigenvalue weighted by Gasteiger charge is 2.30. The predicted molar refractivity (Wildman–Crippen MR) is 84.0 cm³/mol. The Bertz CT molecular complexity index is 399. The largest absolute Gasteiger partial charge is 0.378 e. The van der Waals surface area contributed by atoms with Crippen LogP contribution in [0, 0.1) is 5.41 Å². The highest BCUT2D eigenvalue weighted by Crippen LogP contribution is 2.38. The second-order valence-electron chi connectivity index (χ2n) is 5.84. The standard InChI is InChI=1S/C15H28N2O2S/c1-7-16-9-12-11(10-18-6)17-14(20-12)13(19-8-2)15(3,4)5/h13,16H,7-10H2,1-6H3. The number of methoxy groups -OCH3 is 1. The van der Waals surface area contributed by atoms with Crippen molar-refractivity contribution < 1.29 is 9.47 Å². The van der Waals surface area contributed by atoms with Crippen LogP contribution in [0.4, 0.5) is 0 Å². The van der Waals surface area contributed by atoms with Crippen molar-refractivity contribution in [2.24, 2.45) is 5.41 Å². The third kappa shape index (κ3) is 4.81. The molecule has 1 aromatic heterocycles. The molecule has 1 atom stereocenters. The van der Waals surface area contributed by atoms with E-state index in [0.29, 0.717) is 13.2 Å². The van der Waals surface area contributed by atoms with E-state index in [1.54, 1.807) is 18.4 Å². The van der Waals surface area contributed by atoms with Crippen LogP contribution in [-0.4, -0.2) is 25.2 Å². The van der Waals surface area contributed by atoms with Crippen LogP contribution in [0.3, 0.4) is 0 Å². The average molecular weight is 300 g/mol. The van der Waals surface area contributed by atoms with E-state index >= 15 is 0 Å². The molecule has 0 bridgehead atoms. The maximum Gasteiger partial charge on any atom is 0.123 e. The molecule has 0 aromatic carbocycles. The van der Waals surface area contributed by atoms with Crippen molar-refractivity contribution in [3.05, 3.63) is 15.6 Å². The number of hydrogen-bond acceptors (Lipinski definition) is 5. The molecule has 1 N–H and O–H groups in total. The minimum Gasteiger partial charge on any atom is -0.378 e. The number of thiazole rings is 1. The second-order valence-corrected chi connectivity index (χ2v) is 6.95. The Kier molecular flexibility index (Phi) is 7.09. The summed E-state index contributed by atoms with van der Waals surface area (Å²) in [6.07, 6.45) is 0.0310. The topological polar surface area (TPSA) is 43.4 Å². The Labute approximate surface area is 126 Å². The van der Waals surface area contributed by atoms with Crippen LogP contribution in [-0.2, 0) is 22.6 Å². The first kappa shape index (κ1) is 17.6. The van der Waals surface area contributed by atoms with Gasteiger partial charge in [-0.1, -0.05) is 27.7 Å². The van der Waals surface area contributed by atoms with Gasteiger partial charge in [-0.3, -0.25) is 0 Å². The Hall–Kier alpha value is -0.490. The van der Waals surface area contributed by atoms with Crippen molar-refractivity contribution >= 4 is 11.3 Å². The molecule has 0 amide bonds. The van der Waals surface area contributed by atoms with E-state index in [-0.39, 0.29) is 11.5 Å². The minimum absolute atomic E-state index is 0.0310. The molecule has 0 fully saturated rings. The normalized spacial score (nSPS) is 13.7. The van der Waals surface area contributed by atoms with Gasteiger partial charge in [0.2, 0.25) is 0 Å². The van der Waals surface area contributed by atoms with Crippen molar-refractivity contribution in [3.63, 3.8) is 0 Å². The zero-order valence-electron chi connectivity index (χ0n) is 13.6. The van der Waals surface area contributed by atoms with E-state index < -0.39 is 0 Å². The Balaban J connectivity index is 3.03. The summed E-state index contributed by atoms with van der Waals surface area (Å²) >= 11 is 1.74. The lowest BCUT2D eigenvalue weighted by Gasteiger charge is -2.28. The van der Waals surface area contributed by atoms with Crippen molar-refractivity contribution in [2.75, 3.05) is 20.3 Å². The molecule has 0 aliphatic rings. The fraction of sp³-hybridized carbons (Fsp3) is 0.800. The molecule has 0 aliphatic heterocycles. The molecule has 0 saturated heterocycles. The van der Waals surface area contributed by atoms with Gasteiger partial charge in [-0.25, -0.2) is 4.98 Å². The van der Waals surface area contributed by atoms with Crippen molar-refractivity contribution in [2.45, 2.75) is 53.9 Å². The maximum atomic E-state index is 5.93. The van der Waals surface area contributed by atoms with Gasteiger partial charge >= 0.3 is 0 Å². The summed E-state index contributed by atoms with van der Waals surface area (Å²) in [6.45, 7) is 13.8. The van der Waals surface area contributed by atoms with E-state index in [4.69, 9.17) is 14.5 Å². The number of nitrogens with zero attached hydrogens (tertiary/aromatic N) is 1. The molecule has 1 heterocycles. The van der Waals surface area contributed by atoms with E-state index in [0.717, 1.165) is 23.8 Å². The molecule has 0 spiro atoms. The van der Waals surface area contributed by atoms with Gasteiger partial charge < -0.3 is 14.8 Å². The molecule has 0 radical (unpaired) electrons. The number of nitrogens with one attached hydrogen (secondary N) is 1. The SMILES string of the molecule is CCNCc1sc(C(OCC)C(C)(C)C)nc1COC. The first-order chi connectivity index (χ1) is 9.43. The molecule has 116 valence electrons. The lowest BCUT2D eigenvalue weighted by atomic mass is 9.89. The number of ether oxygens (including phenoxy) is 2. The molecular weight excluding hydrogens is 272 g/mol. The molecule has 1 rings (SSSR count). The Morgan fingerprint density at radius 1 is 1.30 bits per heavy atom. The first-order valence-corrected chi connectivity index (χ1v) is 8.05. The van der Waals surface area contributed by atoms with Crippen LogP contribution in [0.2, 0.25) is 0 Å². The van der Waals surface area contributed by atoms with Crippen molar-refractivity contribution in [3.8, 4) is 0 Å². The smallest absolute Gasteiger partial charge is 0.123 e. The second kappa shape index (κ2) is 8.08. The van der Waals surface area contributed by atoms with Crippen LogP contribution in [0.25, 0.3) is 0 Å². The van der Waals surface area contributed by atoms with Crippen LogP contribution in [0.5, 0.6) is 0 Å². The molecule has 0 aliphatic carbocycles. The van der Waals surface area contributed by atoms with E-state index in [9.17, 15) is 0 Å². The summed E-state index contributed by atoms with van der Waals surface area (Å²) in [5, 5.41) is 4.42. The summed E-state index contributed by atoms with van der Waals surface area (Å²) in [7, 11) is 1.71. The highest BCUT2D eigenvalue weighted by atomic mass is 32.1. The van der Waals surface area contributed by atoms with Gasteiger partial charge in [0, 0.05) is 25.1 Å². The molecular formula is C15H28N2O2S.